The number of H-pyrrole nitrogens is 1. The van der Waals surface area contributed by atoms with Gasteiger partial charge < -0.3 is 4.74 Å². The Kier molecular flexibility index (Phi) is 3.02. The minimum atomic E-state index is 0.903. The Morgan fingerprint density at radius 1 is 1.13 bits per heavy atom. The molecular formula is C12H14N2O. The van der Waals surface area contributed by atoms with Crippen LogP contribution in [0.15, 0.2) is 36.5 Å². The molecule has 0 aliphatic carbocycles. The first kappa shape index (κ1) is 9.77. The maximum absolute atomic E-state index is 5.10. The van der Waals surface area contributed by atoms with Crippen molar-refractivity contribution in [2.45, 2.75) is 12.8 Å². The highest BCUT2D eigenvalue weighted by molar-refractivity contribution is 5.27. The fraction of sp³-hybridized carbons (Fsp3) is 0.250. The number of rotatable bonds is 4. The summed E-state index contributed by atoms with van der Waals surface area (Å²) < 4.78 is 5.10. The lowest BCUT2D eigenvalue weighted by Gasteiger charge is -2.02. The standard InChI is InChI=1S/C12H14N2O/c1-15-12-6-3-10(4-7-12)2-5-11-8-9-13-14-11/h3-4,6-9H,2,5H2,1H3,(H,13,14). The average molecular weight is 202 g/mol. The number of benzene rings is 1. The van der Waals surface area contributed by atoms with E-state index < -0.39 is 0 Å². The van der Waals surface area contributed by atoms with Crippen LogP contribution in [0, 0.1) is 0 Å². The fourth-order valence-electron chi connectivity index (χ4n) is 1.50. The molecule has 78 valence electrons. The highest BCUT2D eigenvalue weighted by atomic mass is 16.5. The Bertz CT molecular complexity index is 392. The Morgan fingerprint density at radius 3 is 2.53 bits per heavy atom. The molecule has 2 aromatic rings. The first-order valence-corrected chi connectivity index (χ1v) is 4.99. The van der Waals surface area contributed by atoms with Crippen LogP contribution in [0.5, 0.6) is 5.75 Å². The van der Waals surface area contributed by atoms with E-state index in [0.29, 0.717) is 0 Å². The third-order valence-electron chi connectivity index (χ3n) is 2.40. The number of nitrogens with one attached hydrogen (secondary N) is 1. The van der Waals surface area contributed by atoms with Gasteiger partial charge in [0.2, 0.25) is 0 Å². The molecule has 0 bridgehead atoms. The molecule has 1 aromatic heterocycles. The van der Waals surface area contributed by atoms with Crippen molar-refractivity contribution in [1.82, 2.24) is 10.2 Å². The van der Waals surface area contributed by atoms with Crippen LogP contribution in [-0.2, 0) is 12.8 Å². The monoisotopic (exact) mass is 202 g/mol. The second-order valence-corrected chi connectivity index (χ2v) is 3.43. The smallest absolute Gasteiger partial charge is 0.118 e. The molecule has 15 heavy (non-hydrogen) atoms. The van der Waals surface area contributed by atoms with Crippen LogP contribution in [0.2, 0.25) is 0 Å². The Labute approximate surface area is 89.1 Å². The fourth-order valence-corrected chi connectivity index (χ4v) is 1.50. The third-order valence-corrected chi connectivity index (χ3v) is 2.40. The summed E-state index contributed by atoms with van der Waals surface area (Å²) in [5.74, 6) is 0.903. The van der Waals surface area contributed by atoms with Crippen LogP contribution in [-0.4, -0.2) is 17.3 Å². The van der Waals surface area contributed by atoms with Crippen LogP contribution in [0.3, 0.4) is 0 Å². The van der Waals surface area contributed by atoms with E-state index >= 15 is 0 Å². The number of aryl methyl sites for hydroxylation is 2. The minimum absolute atomic E-state index is 0.903. The summed E-state index contributed by atoms with van der Waals surface area (Å²) in [6, 6.07) is 10.2. The van der Waals surface area contributed by atoms with Crippen LogP contribution < -0.4 is 4.74 Å². The zero-order valence-electron chi connectivity index (χ0n) is 8.73. The van der Waals surface area contributed by atoms with Gasteiger partial charge in [-0.05, 0) is 36.6 Å². The van der Waals surface area contributed by atoms with Gasteiger partial charge in [-0.1, -0.05) is 12.1 Å². The van der Waals surface area contributed by atoms with Crippen molar-refractivity contribution in [2.75, 3.05) is 7.11 Å². The largest absolute Gasteiger partial charge is 0.497 e. The molecular weight excluding hydrogens is 188 g/mol. The highest BCUT2D eigenvalue weighted by Crippen LogP contribution is 2.12. The van der Waals surface area contributed by atoms with E-state index in [4.69, 9.17) is 4.74 Å². The first-order valence-electron chi connectivity index (χ1n) is 4.99. The third kappa shape index (κ3) is 2.59. The van der Waals surface area contributed by atoms with Gasteiger partial charge in [0.15, 0.2) is 0 Å². The Morgan fingerprint density at radius 2 is 1.93 bits per heavy atom. The van der Waals surface area contributed by atoms with Crippen molar-refractivity contribution in [3.63, 3.8) is 0 Å². The number of methoxy groups -OCH3 is 1. The van der Waals surface area contributed by atoms with E-state index in [1.807, 2.05) is 18.2 Å². The molecule has 2 rings (SSSR count). The molecule has 3 nitrogen and oxygen atoms in total. The van der Waals surface area contributed by atoms with Crippen LogP contribution in [0.25, 0.3) is 0 Å². The van der Waals surface area contributed by atoms with E-state index in [0.717, 1.165) is 18.6 Å². The summed E-state index contributed by atoms with van der Waals surface area (Å²) in [5.41, 5.74) is 2.48. The molecule has 0 atom stereocenters. The van der Waals surface area contributed by atoms with Crippen molar-refractivity contribution in [1.29, 1.82) is 0 Å². The molecule has 0 fully saturated rings. The maximum atomic E-state index is 5.10. The molecule has 0 spiro atoms. The number of aromatic nitrogens is 2. The van der Waals surface area contributed by atoms with E-state index in [1.165, 1.54) is 11.3 Å². The lowest BCUT2D eigenvalue weighted by Crippen LogP contribution is -1.92. The maximum Gasteiger partial charge on any atom is 0.118 e. The predicted molar refractivity (Wildman–Crippen MR) is 59.0 cm³/mol. The van der Waals surface area contributed by atoms with Crippen molar-refractivity contribution in [3.05, 3.63) is 47.8 Å². The summed E-state index contributed by atoms with van der Waals surface area (Å²) in [6.45, 7) is 0. The second-order valence-electron chi connectivity index (χ2n) is 3.43. The molecule has 0 amide bonds. The minimum Gasteiger partial charge on any atom is -0.497 e. The summed E-state index contributed by atoms with van der Waals surface area (Å²) in [7, 11) is 1.68. The molecule has 0 aliphatic rings. The average Bonchev–Trinajstić information content (AvgIpc) is 2.80. The summed E-state index contributed by atoms with van der Waals surface area (Å²) in [6.07, 6.45) is 3.79. The van der Waals surface area contributed by atoms with Crippen LogP contribution in [0.4, 0.5) is 0 Å². The van der Waals surface area contributed by atoms with Gasteiger partial charge in [-0.15, -0.1) is 0 Å². The van der Waals surface area contributed by atoms with E-state index in [-0.39, 0.29) is 0 Å². The molecule has 1 N–H and O–H groups in total. The molecule has 0 radical (unpaired) electrons. The lowest BCUT2D eigenvalue weighted by molar-refractivity contribution is 0.414. The second kappa shape index (κ2) is 4.64. The van der Waals surface area contributed by atoms with Crippen molar-refractivity contribution in [3.8, 4) is 5.75 Å². The van der Waals surface area contributed by atoms with Crippen molar-refractivity contribution >= 4 is 0 Å². The van der Waals surface area contributed by atoms with E-state index in [1.54, 1.807) is 13.3 Å². The van der Waals surface area contributed by atoms with Gasteiger partial charge in [0.05, 0.1) is 7.11 Å². The van der Waals surface area contributed by atoms with Crippen molar-refractivity contribution in [2.24, 2.45) is 0 Å². The highest BCUT2D eigenvalue weighted by Gasteiger charge is 1.97. The molecule has 0 aliphatic heterocycles. The number of hydrogen-bond acceptors (Lipinski definition) is 2. The topological polar surface area (TPSA) is 37.9 Å². The molecule has 0 unspecified atom stereocenters. The first-order chi connectivity index (χ1) is 7.38. The van der Waals surface area contributed by atoms with E-state index in [9.17, 15) is 0 Å². The van der Waals surface area contributed by atoms with Crippen LogP contribution in [0.1, 0.15) is 11.3 Å². The van der Waals surface area contributed by atoms with Gasteiger partial charge in [-0.3, -0.25) is 5.10 Å². The number of nitrogens with zero attached hydrogens (tertiary/aromatic N) is 1. The van der Waals surface area contributed by atoms with E-state index in [2.05, 4.69) is 22.3 Å². The lowest BCUT2D eigenvalue weighted by atomic mass is 10.1. The molecule has 1 aromatic carbocycles. The van der Waals surface area contributed by atoms with Crippen LogP contribution >= 0.6 is 0 Å². The zero-order valence-corrected chi connectivity index (χ0v) is 8.73. The quantitative estimate of drug-likeness (QED) is 0.825. The van der Waals surface area contributed by atoms with Crippen molar-refractivity contribution < 1.29 is 4.74 Å². The predicted octanol–water partition coefficient (Wildman–Crippen LogP) is 2.20. The molecule has 0 saturated carbocycles. The van der Waals surface area contributed by atoms with Gasteiger partial charge in [-0.25, -0.2) is 0 Å². The van der Waals surface area contributed by atoms with Gasteiger partial charge in [0.25, 0.3) is 0 Å². The SMILES string of the molecule is COc1ccc(CCc2ccn[nH]2)cc1. The molecule has 0 saturated heterocycles. The number of ether oxygens (including phenoxy) is 1. The molecule has 3 heteroatoms. The van der Waals surface area contributed by atoms with Gasteiger partial charge in [0, 0.05) is 11.9 Å². The summed E-state index contributed by atoms with van der Waals surface area (Å²) >= 11 is 0. The normalized spacial score (nSPS) is 10.2. The zero-order chi connectivity index (χ0) is 10.5. The number of aromatic amines is 1. The number of hydrogen-bond donors (Lipinski definition) is 1. The Balaban J connectivity index is 1.93. The molecule has 1 heterocycles. The van der Waals surface area contributed by atoms with Gasteiger partial charge in [-0.2, -0.15) is 5.10 Å². The van der Waals surface area contributed by atoms with Gasteiger partial charge >= 0.3 is 0 Å². The van der Waals surface area contributed by atoms with Gasteiger partial charge in [0.1, 0.15) is 5.75 Å². The summed E-state index contributed by atoms with van der Waals surface area (Å²) in [5, 5.41) is 6.87. The summed E-state index contributed by atoms with van der Waals surface area (Å²) in [4.78, 5) is 0. The Hall–Kier alpha value is -1.77.